The number of benzene rings is 1. The van der Waals surface area contributed by atoms with Crippen LogP contribution in [0.1, 0.15) is 51.5 Å². The number of aliphatic carboxylic acids is 1. The van der Waals surface area contributed by atoms with E-state index < -0.39 is 17.8 Å². The lowest BCUT2D eigenvalue weighted by Crippen LogP contribution is -2.47. The number of allylic oxidation sites excluding steroid dienone is 2. The first kappa shape index (κ1) is 17.3. The molecule has 4 rings (SSSR count). The predicted molar refractivity (Wildman–Crippen MR) is 98.4 cm³/mol. The summed E-state index contributed by atoms with van der Waals surface area (Å²) < 4.78 is 0. The van der Waals surface area contributed by atoms with Crippen molar-refractivity contribution in [2.45, 2.75) is 52.4 Å². The first-order chi connectivity index (χ1) is 12.4. The second-order valence-electron chi connectivity index (χ2n) is 8.63. The van der Waals surface area contributed by atoms with Crippen molar-refractivity contribution in [3.05, 3.63) is 41.0 Å². The highest BCUT2D eigenvalue weighted by Crippen LogP contribution is 2.50. The Kier molecular flexibility index (Phi) is 4.17. The number of carbonyl (C=O) groups excluding carboxylic acids is 2. The highest BCUT2D eigenvalue weighted by atomic mass is 16.4. The largest absolute Gasteiger partial charge is 0.550 e. The average molecular weight is 352 g/mol. The Morgan fingerprint density at radius 3 is 2.65 bits per heavy atom. The minimum atomic E-state index is -1.08. The normalized spacial score (nSPS) is 27.1. The maximum Gasteiger partial charge on any atom is 0.231 e. The Labute approximate surface area is 154 Å². The second-order valence-corrected chi connectivity index (χ2v) is 8.63. The van der Waals surface area contributed by atoms with Gasteiger partial charge in [0.15, 0.2) is 0 Å². The van der Waals surface area contributed by atoms with Crippen LogP contribution in [0.5, 0.6) is 0 Å². The molecule has 0 unspecified atom stereocenters. The van der Waals surface area contributed by atoms with Crippen molar-refractivity contribution in [1.29, 1.82) is 0 Å². The molecule has 1 amide bonds. The molecule has 0 fully saturated rings. The van der Waals surface area contributed by atoms with Crippen LogP contribution in [0.3, 0.4) is 0 Å². The van der Waals surface area contributed by atoms with Crippen LogP contribution in [0.15, 0.2) is 35.4 Å². The van der Waals surface area contributed by atoms with E-state index >= 15 is 0 Å². The zero-order valence-electron chi connectivity index (χ0n) is 15.6. The fourth-order valence-corrected chi connectivity index (χ4v) is 5.21. The third kappa shape index (κ3) is 2.76. The fourth-order valence-electron chi connectivity index (χ4n) is 5.21. The number of anilines is 1. The highest BCUT2D eigenvalue weighted by Gasteiger charge is 2.43. The van der Waals surface area contributed by atoms with Crippen LogP contribution >= 0.6 is 0 Å². The third-order valence-electron chi connectivity index (χ3n) is 6.67. The number of fused-ring (bicyclic) bond motifs is 1. The van der Waals surface area contributed by atoms with Gasteiger partial charge in [0.1, 0.15) is 0 Å². The van der Waals surface area contributed by atoms with Crippen molar-refractivity contribution >= 4 is 17.6 Å². The molecule has 0 radical (unpaired) electrons. The molecule has 4 nitrogen and oxygen atoms in total. The van der Waals surface area contributed by atoms with Gasteiger partial charge in [0.2, 0.25) is 5.91 Å². The van der Waals surface area contributed by atoms with E-state index in [-0.39, 0.29) is 11.3 Å². The molecule has 0 aromatic heterocycles. The zero-order valence-corrected chi connectivity index (χ0v) is 15.6. The van der Waals surface area contributed by atoms with Gasteiger partial charge < -0.3 is 14.8 Å². The third-order valence-corrected chi connectivity index (χ3v) is 6.67. The summed E-state index contributed by atoms with van der Waals surface area (Å²) in [6, 6.07) is 7.93. The molecule has 2 atom stereocenters. The Bertz CT molecular complexity index is 792. The lowest BCUT2D eigenvalue weighted by atomic mass is 9.63. The smallest absolute Gasteiger partial charge is 0.231 e. The van der Waals surface area contributed by atoms with E-state index in [1.807, 2.05) is 24.3 Å². The fraction of sp³-hybridized carbons (Fsp3) is 0.545. The minimum absolute atomic E-state index is 0.0372. The van der Waals surface area contributed by atoms with E-state index in [1.54, 1.807) is 4.90 Å². The standard InChI is InChI=1S/C22H27NO3/c1-22(2)10-5-7-15-12-16(17(21(25)26)13-18(15)22)20(24)23-11-9-14-6-3-4-8-19(14)23/h3-4,6,8,16-17H,5,7,9-13H2,1-2H3,(H,25,26)/p-1/t16-,17-/m1/s1. The van der Waals surface area contributed by atoms with Gasteiger partial charge in [-0.3, -0.25) is 4.79 Å². The summed E-state index contributed by atoms with van der Waals surface area (Å²) in [5.74, 6) is -2.34. The van der Waals surface area contributed by atoms with Crippen LogP contribution < -0.4 is 10.0 Å². The maximum atomic E-state index is 13.3. The molecule has 0 N–H and O–H groups in total. The number of hydrogen-bond acceptors (Lipinski definition) is 3. The Hall–Kier alpha value is -2.10. The molecule has 1 aromatic carbocycles. The molecule has 0 spiro atoms. The number of para-hydroxylation sites is 1. The SMILES string of the molecule is CC1(C)CCCC2=C1C[C@@H](C(=O)[O-])[C@H](C(=O)N1CCc3ccccc31)C2. The molecular weight excluding hydrogens is 326 g/mol. The van der Waals surface area contributed by atoms with Crippen molar-refractivity contribution < 1.29 is 14.7 Å². The van der Waals surface area contributed by atoms with Gasteiger partial charge in [0, 0.05) is 24.1 Å². The van der Waals surface area contributed by atoms with Crippen LogP contribution in [0.25, 0.3) is 0 Å². The zero-order chi connectivity index (χ0) is 18.5. The average Bonchev–Trinajstić information content (AvgIpc) is 3.04. The Morgan fingerprint density at radius 1 is 1.12 bits per heavy atom. The molecule has 4 heteroatoms. The summed E-state index contributed by atoms with van der Waals surface area (Å²) in [5, 5.41) is 11.9. The van der Waals surface area contributed by atoms with Gasteiger partial charge in [-0.25, -0.2) is 0 Å². The summed E-state index contributed by atoms with van der Waals surface area (Å²) >= 11 is 0. The number of carbonyl (C=O) groups is 2. The van der Waals surface area contributed by atoms with Crippen molar-refractivity contribution in [3.63, 3.8) is 0 Å². The summed E-state index contributed by atoms with van der Waals surface area (Å²) in [6.07, 6.45) is 5.09. The van der Waals surface area contributed by atoms with Gasteiger partial charge in [-0.05, 0) is 55.6 Å². The summed E-state index contributed by atoms with van der Waals surface area (Å²) in [6.45, 7) is 5.05. The molecule has 0 saturated carbocycles. The van der Waals surface area contributed by atoms with E-state index in [0.29, 0.717) is 19.4 Å². The molecular formula is C22H26NO3-. The number of carboxylic acid groups (broad SMARTS) is 1. The van der Waals surface area contributed by atoms with Gasteiger partial charge in [0.05, 0.1) is 5.92 Å². The van der Waals surface area contributed by atoms with Crippen LogP contribution in [0.2, 0.25) is 0 Å². The number of nitrogens with zero attached hydrogens (tertiary/aromatic N) is 1. The first-order valence-corrected chi connectivity index (χ1v) is 9.70. The second kappa shape index (κ2) is 6.26. The molecule has 0 bridgehead atoms. The van der Waals surface area contributed by atoms with E-state index in [2.05, 4.69) is 13.8 Å². The molecule has 2 aliphatic carbocycles. The predicted octanol–water partition coefficient (Wildman–Crippen LogP) is 2.86. The number of carboxylic acids is 1. The topological polar surface area (TPSA) is 60.4 Å². The van der Waals surface area contributed by atoms with E-state index in [4.69, 9.17) is 0 Å². The van der Waals surface area contributed by atoms with Crippen LogP contribution in [-0.4, -0.2) is 18.4 Å². The van der Waals surface area contributed by atoms with Crippen LogP contribution in [0, 0.1) is 17.3 Å². The maximum absolute atomic E-state index is 13.3. The lowest BCUT2D eigenvalue weighted by Gasteiger charge is -2.44. The van der Waals surface area contributed by atoms with Crippen molar-refractivity contribution in [1.82, 2.24) is 0 Å². The quantitative estimate of drug-likeness (QED) is 0.769. The van der Waals surface area contributed by atoms with E-state index in [0.717, 1.165) is 31.4 Å². The van der Waals surface area contributed by atoms with Crippen molar-refractivity contribution in [2.75, 3.05) is 11.4 Å². The van der Waals surface area contributed by atoms with Crippen LogP contribution in [0.4, 0.5) is 5.69 Å². The molecule has 3 aliphatic rings. The van der Waals surface area contributed by atoms with Gasteiger partial charge >= 0.3 is 0 Å². The first-order valence-electron chi connectivity index (χ1n) is 9.70. The molecule has 0 saturated heterocycles. The number of amides is 1. The Balaban J connectivity index is 1.66. The molecule has 1 aliphatic heterocycles. The van der Waals surface area contributed by atoms with Gasteiger partial charge in [-0.15, -0.1) is 0 Å². The molecule has 138 valence electrons. The number of hydrogen-bond donors (Lipinski definition) is 0. The summed E-state index contributed by atoms with van der Waals surface area (Å²) in [4.78, 5) is 27.0. The van der Waals surface area contributed by atoms with E-state index in [9.17, 15) is 14.7 Å². The number of rotatable bonds is 2. The Morgan fingerprint density at radius 2 is 1.88 bits per heavy atom. The van der Waals surface area contributed by atoms with Crippen LogP contribution in [-0.2, 0) is 16.0 Å². The monoisotopic (exact) mass is 352 g/mol. The summed E-state index contributed by atoms with van der Waals surface area (Å²) in [7, 11) is 0. The highest BCUT2D eigenvalue weighted by molar-refractivity contribution is 5.99. The molecule has 26 heavy (non-hydrogen) atoms. The van der Waals surface area contributed by atoms with Gasteiger partial charge in [-0.2, -0.15) is 0 Å². The lowest BCUT2D eigenvalue weighted by molar-refractivity contribution is -0.313. The minimum Gasteiger partial charge on any atom is -0.550 e. The van der Waals surface area contributed by atoms with Gasteiger partial charge in [0.25, 0.3) is 0 Å². The van der Waals surface area contributed by atoms with Crippen molar-refractivity contribution in [2.24, 2.45) is 17.3 Å². The summed E-state index contributed by atoms with van der Waals surface area (Å²) in [5.41, 5.74) is 4.74. The molecule has 1 aromatic rings. The van der Waals surface area contributed by atoms with Crippen molar-refractivity contribution in [3.8, 4) is 0 Å². The van der Waals surface area contributed by atoms with Gasteiger partial charge in [-0.1, -0.05) is 43.2 Å². The van der Waals surface area contributed by atoms with E-state index in [1.165, 1.54) is 16.7 Å². The molecule has 1 heterocycles.